The molecule has 2 saturated carbocycles. The summed E-state index contributed by atoms with van der Waals surface area (Å²) in [4.78, 5) is 59.1. The zero-order chi connectivity index (χ0) is 64.8. The van der Waals surface area contributed by atoms with Crippen LogP contribution in [0.25, 0.3) is 0 Å². The van der Waals surface area contributed by atoms with Crippen LogP contribution in [0.15, 0.2) is 72.8 Å². The molecule has 16 aliphatic rings. The number of aliphatic hydroxyl groups is 9. The highest BCUT2D eigenvalue weighted by atomic mass is 16.5. The van der Waals surface area contributed by atoms with Gasteiger partial charge in [0.25, 0.3) is 0 Å². The molecular weight excluding hydrogens is 1200 g/mol. The summed E-state index contributed by atoms with van der Waals surface area (Å²) in [7, 11) is 8.07. The molecule has 21 nitrogen and oxygen atoms in total. The molecule has 4 saturated heterocycles. The Morgan fingerprint density at radius 1 is 0.426 bits per heavy atom. The zero-order valence-electron chi connectivity index (χ0n) is 52.6. The zero-order valence-corrected chi connectivity index (χ0v) is 52.6. The number of ketones is 4. The second-order valence-electron chi connectivity index (χ2n) is 29.7. The van der Waals surface area contributed by atoms with Crippen molar-refractivity contribution in [1.29, 1.82) is 0 Å². The lowest BCUT2D eigenvalue weighted by Gasteiger charge is -2.63. The van der Waals surface area contributed by atoms with Gasteiger partial charge in [-0.25, -0.2) is 0 Å². The van der Waals surface area contributed by atoms with Gasteiger partial charge in [0, 0.05) is 81.5 Å². The molecular formula is C73H84N4O17. The van der Waals surface area contributed by atoms with E-state index in [1.807, 2.05) is 69.7 Å². The van der Waals surface area contributed by atoms with Gasteiger partial charge in [-0.15, -0.1) is 0 Å². The van der Waals surface area contributed by atoms with E-state index in [1.165, 1.54) is 12.2 Å². The smallest absolute Gasteiger partial charge is 0.196 e. The number of rotatable bonds is 4. The number of carbonyl (C=O) groups is 4. The Balaban J connectivity index is 0.0000000988. The van der Waals surface area contributed by atoms with Crippen molar-refractivity contribution in [3.63, 3.8) is 0 Å². The van der Waals surface area contributed by atoms with Crippen LogP contribution < -0.4 is 18.9 Å². The van der Waals surface area contributed by atoms with E-state index in [0.717, 1.165) is 102 Å². The number of piperidine rings is 4. The first-order valence-electron chi connectivity index (χ1n) is 33.1. The number of carbonyl (C=O) groups excluding carboxylic acids is 4. The minimum absolute atomic E-state index is 0. The molecule has 8 aliphatic heterocycles. The molecule has 498 valence electrons. The second-order valence-corrected chi connectivity index (χ2v) is 29.7. The maximum absolute atomic E-state index is 12.7. The predicted octanol–water partition coefficient (Wildman–Crippen LogP) is 1.29. The molecule has 8 heterocycles. The van der Waals surface area contributed by atoms with Crippen LogP contribution in [0.3, 0.4) is 0 Å². The molecule has 4 aromatic carbocycles. The lowest BCUT2D eigenvalue weighted by atomic mass is 9.48. The highest BCUT2D eigenvalue weighted by molar-refractivity contribution is 6.00. The van der Waals surface area contributed by atoms with Gasteiger partial charge in [-0.2, -0.15) is 0 Å². The van der Waals surface area contributed by atoms with Crippen LogP contribution in [0.2, 0.25) is 0 Å². The molecule has 1 unspecified atom stereocenters. The van der Waals surface area contributed by atoms with Gasteiger partial charge in [0.05, 0.1) is 59.8 Å². The average molecular weight is 1290 g/mol. The summed E-state index contributed by atoms with van der Waals surface area (Å²) in [5, 5.41) is 96.1. The van der Waals surface area contributed by atoms with E-state index < -0.39 is 74.6 Å². The standard InChI is InChI=1S/C18H21NO5.C18H21NO4.2C18H19NO4.CH4/c1-19-5-4-17-14-9-2-3-10(8-20)15(14)24-16(17)11(21)7-13(22)18(17,23)12(19)6-9;3*1-19-7-6-17-14-10-2-3-11(9-20)15(14)23-16(17)12(21)4-5-18(17,22)13(19)8-10;/h2-3,12-13,16,20,22-23H,4-8H2,1H3;2-3,13,16,20,22H,4-9H2,1H3;2*2-5,13,16,20,22H,6-9H2,1H3;1H4/t12-,13?,16+,17+,18+;3*13-,16+,17+,18-;/m1111./s1. The van der Waals surface area contributed by atoms with Crippen LogP contribution in [0.1, 0.15) is 119 Å². The Bertz CT molecular complexity index is 3910. The summed E-state index contributed by atoms with van der Waals surface area (Å²) in [6.45, 7) is 2.67. The van der Waals surface area contributed by atoms with Crippen molar-refractivity contribution < 1.29 is 84.1 Å². The quantitative estimate of drug-likeness (QED) is 0.139. The Morgan fingerprint density at radius 2 is 0.766 bits per heavy atom. The summed E-state index contributed by atoms with van der Waals surface area (Å²) in [6.07, 6.45) is 8.71. The minimum atomic E-state index is -1.41. The third-order valence-electron chi connectivity index (χ3n) is 26.5. The number of likely N-dealkylation sites (tertiary alicyclic amines) is 4. The number of nitrogens with zero attached hydrogens (tertiary/aromatic N) is 4. The third kappa shape index (κ3) is 7.13. The van der Waals surface area contributed by atoms with Crippen molar-refractivity contribution in [2.75, 3.05) is 54.4 Å². The molecule has 17 atom stereocenters. The van der Waals surface area contributed by atoms with Gasteiger partial charge in [0.1, 0.15) is 39.8 Å². The van der Waals surface area contributed by atoms with Crippen LogP contribution in [0.5, 0.6) is 23.0 Å². The Labute approximate surface area is 544 Å². The fourth-order valence-electron chi connectivity index (χ4n) is 22.1. The van der Waals surface area contributed by atoms with E-state index in [0.29, 0.717) is 78.2 Å². The molecule has 0 radical (unpaired) electrons. The highest BCUT2D eigenvalue weighted by Gasteiger charge is 2.78. The van der Waals surface area contributed by atoms with E-state index in [-0.39, 0.29) is 87.6 Å². The number of likely N-dealkylation sites (N-methyl/N-ethyl adjacent to an activating group) is 4. The van der Waals surface area contributed by atoms with Gasteiger partial charge >= 0.3 is 0 Å². The number of Topliss-reactive ketones (excluding diaryl/α,β-unsaturated/α-hetero) is 2. The number of hydrogen-bond donors (Lipinski definition) is 9. The maximum Gasteiger partial charge on any atom is 0.196 e. The Hall–Kier alpha value is -6.28. The van der Waals surface area contributed by atoms with E-state index >= 15 is 0 Å². The number of ether oxygens (including phenoxy) is 4. The van der Waals surface area contributed by atoms with Gasteiger partial charge in [-0.05, 0) is 159 Å². The first kappa shape index (κ1) is 62.5. The predicted molar refractivity (Wildman–Crippen MR) is 337 cm³/mol. The van der Waals surface area contributed by atoms with E-state index in [2.05, 4.69) is 26.6 Å². The van der Waals surface area contributed by atoms with Gasteiger partial charge in [0.15, 0.2) is 47.5 Å². The molecule has 9 N–H and O–H groups in total. The minimum Gasteiger partial charge on any atom is -0.481 e. The van der Waals surface area contributed by atoms with E-state index in [1.54, 1.807) is 12.2 Å². The first-order chi connectivity index (χ1) is 44.5. The molecule has 21 heteroatoms. The number of hydrogen-bond acceptors (Lipinski definition) is 21. The summed E-state index contributed by atoms with van der Waals surface area (Å²) in [6, 6.07) is 15.2. The molecule has 4 spiro atoms. The summed E-state index contributed by atoms with van der Waals surface area (Å²) >= 11 is 0. The van der Waals surface area contributed by atoms with Crippen LogP contribution in [-0.4, -0.2) is 220 Å². The maximum atomic E-state index is 12.7. The monoisotopic (exact) mass is 1290 g/mol. The molecule has 94 heavy (non-hydrogen) atoms. The molecule has 8 bridgehead atoms. The van der Waals surface area contributed by atoms with Gasteiger partial charge in [0.2, 0.25) is 0 Å². The van der Waals surface area contributed by atoms with Gasteiger partial charge in [-0.3, -0.25) is 29.0 Å². The molecule has 0 aromatic heterocycles. The fourth-order valence-corrected chi connectivity index (χ4v) is 22.1. The third-order valence-corrected chi connectivity index (χ3v) is 26.5. The SMILES string of the molecule is C.CN1CC[C@]23c4c5ccc(CO)c4O[C@H]2C(=O)C=C[C@@]3(O)[C@H]1C5.CN1CC[C@]23c4c5ccc(CO)c4O[C@H]2C(=O)C=C[C@@]3(O)[C@H]1C5.CN1CC[C@]23c4c5ccc(CO)c4O[C@H]2C(=O)CC(O)[C@@]3(O)[C@H]1C5.CN1CC[C@]23c4c5ccc(CO)c4O[C@H]2C(=O)CC[C@@]3(O)[C@H]1C5. The Morgan fingerprint density at radius 3 is 1.20 bits per heavy atom. The number of benzene rings is 4. The topological polar surface area (TPSA) is 300 Å². The first-order valence-corrected chi connectivity index (χ1v) is 33.1. The largest absolute Gasteiger partial charge is 0.481 e. The van der Waals surface area contributed by atoms with Crippen LogP contribution in [0, 0.1) is 0 Å². The van der Waals surface area contributed by atoms with Crippen LogP contribution >= 0.6 is 0 Å². The molecule has 20 rings (SSSR count). The van der Waals surface area contributed by atoms with Crippen LogP contribution in [-0.2, 0) is 92.9 Å². The van der Waals surface area contributed by atoms with Gasteiger partial charge < -0.3 is 74.7 Å². The normalized spacial score (nSPS) is 40.5. The van der Waals surface area contributed by atoms with Gasteiger partial charge in [-0.1, -0.05) is 56.0 Å². The Kier molecular flexibility index (Phi) is 13.7. The number of aliphatic hydroxyl groups excluding tert-OH is 5. The highest BCUT2D eigenvalue weighted by Crippen LogP contribution is 2.68. The second kappa shape index (κ2) is 20.6. The van der Waals surface area contributed by atoms with Crippen molar-refractivity contribution in [3.05, 3.63) is 140 Å². The summed E-state index contributed by atoms with van der Waals surface area (Å²) in [5.41, 5.74) is 3.46. The summed E-state index contributed by atoms with van der Waals surface area (Å²) < 4.78 is 24.3. The van der Waals surface area contributed by atoms with Crippen molar-refractivity contribution in [2.24, 2.45) is 0 Å². The van der Waals surface area contributed by atoms with Crippen molar-refractivity contribution >= 4 is 23.1 Å². The van der Waals surface area contributed by atoms with Crippen LogP contribution in [0.4, 0.5) is 0 Å². The average Bonchev–Trinajstić information content (AvgIpc) is 1.37. The molecule has 4 aromatic rings. The lowest BCUT2D eigenvalue weighted by Crippen LogP contribution is -2.80. The molecule has 8 aliphatic carbocycles. The van der Waals surface area contributed by atoms with Crippen molar-refractivity contribution in [1.82, 2.24) is 19.6 Å². The van der Waals surface area contributed by atoms with Crippen molar-refractivity contribution in [3.8, 4) is 23.0 Å². The molecule has 6 fully saturated rings. The lowest BCUT2D eigenvalue weighted by molar-refractivity contribution is -0.226. The van der Waals surface area contributed by atoms with E-state index in [9.17, 15) is 65.1 Å². The fraction of sp³-hybridized carbons (Fsp3) is 0.562. The summed E-state index contributed by atoms with van der Waals surface area (Å²) in [5.74, 6) is 2.18. The van der Waals surface area contributed by atoms with E-state index in [4.69, 9.17) is 18.9 Å². The van der Waals surface area contributed by atoms with Crippen molar-refractivity contribution in [2.45, 2.75) is 203 Å². The molecule has 0 amide bonds.